The van der Waals surface area contributed by atoms with Crippen LogP contribution in [0.25, 0.3) is 0 Å². The molecular weight excluding hydrogens is 969 g/mol. The molecular formula is C58H80N8O10. The number of urea groups is 1. The van der Waals surface area contributed by atoms with E-state index in [4.69, 9.17) is 16.2 Å². The molecule has 7 rings (SSSR count). The van der Waals surface area contributed by atoms with Gasteiger partial charge in [-0.25, -0.2) is 9.59 Å². The maximum Gasteiger partial charge on any atom is 0.408 e. The standard InChI is InChI=1S/C58H80N8O10/c1-34(2)46(59)49(71)64-43(12-9-29-61-52(60)74)47(69)62-38-18-13-35(14-19-38)33-76-53(75)65-44(32-67)48(70)63-39-20-15-37-23-28-58(7)56(5,42(37)30-39)26-11-27-57(58,6)51(73)66(8)50(72)55(4)25-10-24-54(3)41-31-40(68)21-16-36(41)17-22-45(54)55/h13-16,18-21,30-31,34,43-46,67-68H,9-12,17,22-29,32-33,59H2,1-8H3,(H,62,69)(H,63,70)(H,64,71)(H,65,75)(H3,60,61,74)/t43-,44-,45+,46-,54+,55-,56+,57+,58+/m0/s1. The largest absolute Gasteiger partial charge is 0.508 e. The van der Waals surface area contributed by atoms with Crippen LogP contribution in [-0.2, 0) is 59.0 Å². The number of nitrogens with two attached hydrogens (primary N) is 2. The van der Waals surface area contributed by atoms with Gasteiger partial charge in [0.1, 0.15) is 24.4 Å². The van der Waals surface area contributed by atoms with Crippen molar-refractivity contribution in [1.82, 2.24) is 20.9 Å². The Bertz CT molecular complexity index is 2720. The van der Waals surface area contributed by atoms with Gasteiger partial charge < -0.3 is 53.0 Å². The van der Waals surface area contributed by atoms with Crippen LogP contribution in [0.5, 0.6) is 5.75 Å². The number of anilines is 2. The number of primary amides is 1. The Labute approximate surface area is 446 Å². The van der Waals surface area contributed by atoms with Crippen LogP contribution in [0.4, 0.5) is 21.0 Å². The number of amides is 8. The number of nitrogens with zero attached hydrogens (tertiary/aromatic N) is 1. The number of ether oxygens (including phenoxy) is 1. The molecule has 0 aromatic heterocycles. The summed E-state index contributed by atoms with van der Waals surface area (Å²) in [6, 6.07) is 13.9. The lowest BCUT2D eigenvalue weighted by molar-refractivity contribution is -0.171. The van der Waals surface area contributed by atoms with Crippen LogP contribution in [0, 0.1) is 28.1 Å². The van der Waals surface area contributed by atoms with Crippen LogP contribution < -0.4 is 38.1 Å². The molecule has 0 spiro atoms. The Morgan fingerprint density at radius 3 is 2.08 bits per heavy atom. The van der Waals surface area contributed by atoms with Crippen molar-refractivity contribution >= 4 is 53.0 Å². The molecule has 0 bridgehead atoms. The van der Waals surface area contributed by atoms with Gasteiger partial charge in [-0.05, 0) is 157 Å². The summed E-state index contributed by atoms with van der Waals surface area (Å²) in [5.74, 6) is -1.92. The molecule has 2 fully saturated rings. The molecule has 4 aliphatic rings. The average Bonchev–Trinajstić information content (AvgIpc) is 3.58. The van der Waals surface area contributed by atoms with Crippen molar-refractivity contribution in [3.05, 3.63) is 88.5 Å². The summed E-state index contributed by atoms with van der Waals surface area (Å²) in [5.41, 5.74) is 13.9. The first-order valence-corrected chi connectivity index (χ1v) is 26.9. The normalized spacial score (nSPS) is 26.6. The zero-order chi connectivity index (χ0) is 55.5. The number of phenolic OH excluding ortho intramolecular Hbond substituents is 1. The highest BCUT2D eigenvalue weighted by molar-refractivity contribution is 6.01. The number of aryl methyl sites for hydroxylation is 2. The SMILES string of the molecule is CC(C)[C@H](N)C(=O)N[C@@H](CCCNC(N)=O)C(=O)Nc1ccc(COC(=O)N[C@@H](CO)C(=O)Nc2ccc3c(c2)[C@@]2(C)CCC[C@](C)(C(=O)N(C)C(=O)[C@@]4(C)CCC[C@]5(C)c6cc(O)ccc6CC[C@@H]45)[C@]2(C)CC3)cc1. The van der Waals surface area contributed by atoms with Crippen LogP contribution in [0.3, 0.4) is 0 Å². The average molecular weight is 1050 g/mol. The first-order valence-electron chi connectivity index (χ1n) is 26.9. The lowest BCUT2D eigenvalue weighted by Crippen LogP contribution is -2.64. The second-order valence-electron chi connectivity index (χ2n) is 23.4. The van der Waals surface area contributed by atoms with E-state index in [0.29, 0.717) is 42.6 Å². The van der Waals surface area contributed by atoms with E-state index in [-0.39, 0.29) is 54.4 Å². The van der Waals surface area contributed by atoms with Gasteiger partial charge in [0.25, 0.3) is 0 Å². The van der Waals surface area contributed by atoms with Gasteiger partial charge in [0.2, 0.25) is 29.5 Å². The zero-order valence-electron chi connectivity index (χ0n) is 45.5. The monoisotopic (exact) mass is 1050 g/mol. The van der Waals surface area contributed by atoms with Gasteiger partial charge >= 0.3 is 12.1 Å². The minimum absolute atomic E-state index is 0.00248. The van der Waals surface area contributed by atoms with E-state index in [1.54, 1.807) is 57.3 Å². The maximum absolute atomic E-state index is 15.3. The number of hydrogen-bond acceptors (Lipinski definition) is 11. The number of nitrogens with one attached hydrogen (secondary N) is 5. The van der Waals surface area contributed by atoms with Crippen molar-refractivity contribution in [2.75, 3.05) is 30.8 Å². The quantitative estimate of drug-likeness (QED) is 0.0515. The lowest BCUT2D eigenvalue weighted by Gasteiger charge is -2.63. The second-order valence-corrected chi connectivity index (χ2v) is 23.4. The molecule has 2 saturated carbocycles. The number of carbonyl (C=O) groups is 7. The van der Waals surface area contributed by atoms with E-state index in [2.05, 4.69) is 54.3 Å². The maximum atomic E-state index is 15.3. The molecule has 0 heterocycles. The van der Waals surface area contributed by atoms with Gasteiger partial charge in [-0.1, -0.05) is 85.6 Å². The van der Waals surface area contributed by atoms with Crippen LogP contribution in [0.1, 0.15) is 140 Å². The fourth-order valence-corrected chi connectivity index (χ4v) is 13.6. The van der Waals surface area contributed by atoms with Crippen molar-refractivity contribution in [3.8, 4) is 5.75 Å². The summed E-state index contributed by atoms with van der Waals surface area (Å²) < 4.78 is 5.40. The van der Waals surface area contributed by atoms with Crippen molar-refractivity contribution in [2.24, 2.45) is 39.5 Å². The molecule has 3 aromatic rings. The molecule has 0 aliphatic heterocycles. The summed E-state index contributed by atoms with van der Waals surface area (Å²) in [6.45, 7) is 13.6. The van der Waals surface area contributed by atoms with Crippen molar-refractivity contribution < 1.29 is 48.5 Å². The number of phenols is 1. The molecule has 18 nitrogen and oxygen atoms in total. The highest BCUT2D eigenvalue weighted by Crippen LogP contribution is 2.66. The molecule has 412 valence electrons. The predicted octanol–water partition coefficient (Wildman–Crippen LogP) is 6.57. The summed E-state index contributed by atoms with van der Waals surface area (Å²) in [6.07, 6.45) is 7.23. The van der Waals surface area contributed by atoms with Crippen LogP contribution >= 0.6 is 0 Å². The van der Waals surface area contributed by atoms with Crippen LogP contribution in [-0.4, -0.2) is 95.1 Å². The Morgan fingerprint density at radius 1 is 0.750 bits per heavy atom. The fraction of sp³-hybridized carbons (Fsp3) is 0.569. The van der Waals surface area contributed by atoms with Crippen molar-refractivity contribution in [2.45, 2.75) is 161 Å². The topological polar surface area (TPSA) is 285 Å². The Kier molecular flexibility index (Phi) is 17.0. The molecule has 0 radical (unpaired) electrons. The Hall–Kier alpha value is -6.53. The third kappa shape index (κ3) is 11.0. The van der Waals surface area contributed by atoms with E-state index in [1.807, 2.05) is 31.2 Å². The van der Waals surface area contributed by atoms with Crippen LogP contribution in [0.15, 0.2) is 60.7 Å². The van der Waals surface area contributed by atoms with Gasteiger partial charge in [-0.3, -0.25) is 28.9 Å². The summed E-state index contributed by atoms with van der Waals surface area (Å²) in [4.78, 5) is 95.6. The highest BCUT2D eigenvalue weighted by atomic mass is 16.5. The molecule has 11 N–H and O–H groups in total. The first kappa shape index (κ1) is 57.2. The smallest absolute Gasteiger partial charge is 0.408 e. The fourth-order valence-electron chi connectivity index (χ4n) is 13.6. The number of fused-ring (bicyclic) bond motifs is 6. The highest BCUT2D eigenvalue weighted by Gasteiger charge is 2.65. The van der Waals surface area contributed by atoms with Crippen molar-refractivity contribution in [1.29, 1.82) is 0 Å². The Balaban J connectivity index is 0.970. The van der Waals surface area contributed by atoms with E-state index < -0.39 is 76.2 Å². The first-order chi connectivity index (χ1) is 35.8. The second kappa shape index (κ2) is 22.6. The Morgan fingerprint density at radius 2 is 1.39 bits per heavy atom. The number of aliphatic hydroxyl groups excluding tert-OH is 1. The molecule has 18 heteroatoms. The van der Waals surface area contributed by atoms with Crippen LogP contribution in [0.2, 0.25) is 0 Å². The number of alkyl carbamates (subject to hydrolysis) is 1. The summed E-state index contributed by atoms with van der Waals surface area (Å²) in [5, 5.41) is 34.0. The summed E-state index contributed by atoms with van der Waals surface area (Å²) >= 11 is 0. The third-order valence-electron chi connectivity index (χ3n) is 18.6. The number of aliphatic hydroxyl groups is 1. The minimum atomic E-state index is -1.36. The van der Waals surface area contributed by atoms with E-state index >= 15 is 9.59 Å². The van der Waals surface area contributed by atoms with Gasteiger partial charge in [0, 0.05) is 25.0 Å². The number of hydrogen-bond donors (Lipinski definition) is 9. The molecule has 76 heavy (non-hydrogen) atoms. The molecule has 9 atom stereocenters. The number of aromatic hydroxyl groups is 1. The van der Waals surface area contributed by atoms with Gasteiger partial charge in [0.15, 0.2) is 0 Å². The van der Waals surface area contributed by atoms with E-state index in [9.17, 15) is 34.2 Å². The molecule has 4 aliphatic carbocycles. The minimum Gasteiger partial charge on any atom is -0.508 e. The molecule has 3 aromatic carbocycles. The van der Waals surface area contributed by atoms with E-state index in [0.717, 1.165) is 61.6 Å². The van der Waals surface area contributed by atoms with E-state index in [1.165, 1.54) is 10.5 Å². The predicted molar refractivity (Wildman–Crippen MR) is 289 cm³/mol. The number of benzene rings is 3. The van der Waals surface area contributed by atoms with Gasteiger partial charge in [-0.15, -0.1) is 0 Å². The van der Waals surface area contributed by atoms with Gasteiger partial charge in [-0.2, -0.15) is 0 Å². The zero-order valence-corrected chi connectivity index (χ0v) is 45.5. The third-order valence-corrected chi connectivity index (χ3v) is 18.6. The molecule has 0 unspecified atom stereocenters. The number of carbonyl (C=O) groups excluding carboxylic acids is 7. The van der Waals surface area contributed by atoms with Gasteiger partial charge in [0.05, 0.1) is 23.5 Å². The lowest BCUT2D eigenvalue weighted by atomic mass is 9.41. The van der Waals surface area contributed by atoms with Crippen molar-refractivity contribution in [3.63, 3.8) is 0 Å². The number of rotatable bonds is 17. The number of imide groups is 1. The molecule has 0 saturated heterocycles. The molecule has 8 amide bonds. The summed E-state index contributed by atoms with van der Waals surface area (Å²) in [7, 11) is 1.67.